The van der Waals surface area contributed by atoms with Gasteiger partial charge < -0.3 is 4.90 Å². The standard InChI is InChI=1S/C11H22N2/c1-10(2)6-7-13(5)9-11(3,4)8-12/h10H,6-7,9H2,1-5H3. The van der Waals surface area contributed by atoms with Crippen LogP contribution in [-0.4, -0.2) is 25.0 Å². The van der Waals surface area contributed by atoms with Crippen molar-refractivity contribution in [2.45, 2.75) is 34.1 Å². The van der Waals surface area contributed by atoms with Crippen molar-refractivity contribution < 1.29 is 0 Å². The van der Waals surface area contributed by atoms with Gasteiger partial charge in [-0.15, -0.1) is 0 Å². The minimum Gasteiger partial charge on any atom is -0.305 e. The number of nitrogens with zero attached hydrogens (tertiary/aromatic N) is 2. The van der Waals surface area contributed by atoms with Crippen molar-refractivity contribution in [2.75, 3.05) is 20.1 Å². The van der Waals surface area contributed by atoms with Gasteiger partial charge in [0.15, 0.2) is 0 Å². The molecule has 0 rings (SSSR count). The summed E-state index contributed by atoms with van der Waals surface area (Å²) in [5.41, 5.74) is -0.217. The van der Waals surface area contributed by atoms with E-state index in [-0.39, 0.29) is 5.41 Å². The molecule has 76 valence electrons. The Balaban J connectivity index is 3.76. The maximum atomic E-state index is 8.84. The van der Waals surface area contributed by atoms with Crippen molar-refractivity contribution in [2.24, 2.45) is 11.3 Å². The maximum Gasteiger partial charge on any atom is 0.0697 e. The highest BCUT2D eigenvalue weighted by molar-refractivity contribution is 4.93. The van der Waals surface area contributed by atoms with E-state index in [1.807, 2.05) is 13.8 Å². The molecule has 0 atom stereocenters. The highest BCUT2D eigenvalue weighted by Crippen LogP contribution is 2.14. The van der Waals surface area contributed by atoms with Crippen LogP contribution >= 0.6 is 0 Å². The molecule has 0 N–H and O–H groups in total. The lowest BCUT2D eigenvalue weighted by atomic mass is 9.95. The largest absolute Gasteiger partial charge is 0.305 e. The van der Waals surface area contributed by atoms with Gasteiger partial charge in [0.05, 0.1) is 11.5 Å². The van der Waals surface area contributed by atoms with Gasteiger partial charge in [0.1, 0.15) is 0 Å². The smallest absolute Gasteiger partial charge is 0.0697 e. The van der Waals surface area contributed by atoms with Crippen LogP contribution in [0.5, 0.6) is 0 Å². The van der Waals surface area contributed by atoms with Crippen molar-refractivity contribution in [1.82, 2.24) is 4.90 Å². The number of hydrogen-bond acceptors (Lipinski definition) is 2. The Morgan fingerprint density at radius 2 is 1.92 bits per heavy atom. The van der Waals surface area contributed by atoms with Gasteiger partial charge in [-0.1, -0.05) is 13.8 Å². The lowest BCUT2D eigenvalue weighted by Crippen LogP contribution is -2.31. The van der Waals surface area contributed by atoms with Gasteiger partial charge in [0.25, 0.3) is 0 Å². The molecule has 0 fully saturated rings. The molecule has 0 aliphatic carbocycles. The van der Waals surface area contributed by atoms with Crippen LogP contribution in [0.15, 0.2) is 0 Å². The van der Waals surface area contributed by atoms with Crippen LogP contribution in [0, 0.1) is 22.7 Å². The SMILES string of the molecule is CC(C)CCN(C)CC(C)(C)C#N. The Bertz CT molecular complexity index is 177. The molecule has 0 heterocycles. The van der Waals surface area contributed by atoms with Crippen molar-refractivity contribution >= 4 is 0 Å². The first-order valence-corrected chi connectivity index (χ1v) is 4.97. The molecular weight excluding hydrogens is 160 g/mol. The van der Waals surface area contributed by atoms with Crippen LogP contribution in [0.4, 0.5) is 0 Å². The average molecular weight is 182 g/mol. The van der Waals surface area contributed by atoms with Gasteiger partial charge >= 0.3 is 0 Å². The summed E-state index contributed by atoms with van der Waals surface area (Å²) in [7, 11) is 2.08. The van der Waals surface area contributed by atoms with Crippen LogP contribution in [0.3, 0.4) is 0 Å². The van der Waals surface area contributed by atoms with Gasteiger partial charge in [0, 0.05) is 6.54 Å². The molecule has 0 spiro atoms. The molecule has 2 heteroatoms. The number of rotatable bonds is 5. The molecule has 0 aromatic carbocycles. The summed E-state index contributed by atoms with van der Waals surface area (Å²) in [5.74, 6) is 0.743. The monoisotopic (exact) mass is 182 g/mol. The summed E-state index contributed by atoms with van der Waals surface area (Å²) in [6, 6.07) is 2.32. The first-order chi connectivity index (χ1) is 5.87. The predicted molar refractivity (Wildman–Crippen MR) is 56.3 cm³/mol. The minimum absolute atomic E-state index is 0.217. The molecule has 0 unspecified atom stereocenters. The van der Waals surface area contributed by atoms with E-state index in [9.17, 15) is 0 Å². The quantitative estimate of drug-likeness (QED) is 0.653. The molecule has 0 aliphatic heterocycles. The minimum atomic E-state index is -0.217. The Morgan fingerprint density at radius 3 is 2.31 bits per heavy atom. The van der Waals surface area contributed by atoms with Gasteiger partial charge in [0.2, 0.25) is 0 Å². The van der Waals surface area contributed by atoms with E-state index >= 15 is 0 Å². The van der Waals surface area contributed by atoms with Gasteiger partial charge in [-0.05, 0) is 39.8 Å². The van der Waals surface area contributed by atoms with Crippen LogP contribution in [0.25, 0.3) is 0 Å². The van der Waals surface area contributed by atoms with E-state index in [4.69, 9.17) is 5.26 Å². The summed E-state index contributed by atoms with van der Waals surface area (Å²) in [4.78, 5) is 2.24. The Labute approximate surface area is 82.5 Å². The van der Waals surface area contributed by atoms with Crippen LogP contribution in [-0.2, 0) is 0 Å². The zero-order chi connectivity index (χ0) is 10.5. The van der Waals surface area contributed by atoms with Crippen molar-refractivity contribution in [1.29, 1.82) is 5.26 Å². The summed E-state index contributed by atoms with van der Waals surface area (Å²) >= 11 is 0. The second-order valence-corrected chi connectivity index (χ2v) is 4.92. The topological polar surface area (TPSA) is 27.0 Å². The zero-order valence-corrected chi connectivity index (χ0v) is 9.59. The predicted octanol–water partition coefficient (Wildman–Crippen LogP) is 2.51. The molecule has 0 aliphatic rings. The third-order valence-electron chi connectivity index (χ3n) is 2.06. The highest BCUT2D eigenvalue weighted by atomic mass is 15.1. The van der Waals surface area contributed by atoms with Gasteiger partial charge in [-0.25, -0.2) is 0 Å². The fourth-order valence-electron chi connectivity index (χ4n) is 1.27. The molecule has 0 bridgehead atoms. The number of nitriles is 1. The van der Waals surface area contributed by atoms with Crippen molar-refractivity contribution in [3.05, 3.63) is 0 Å². The van der Waals surface area contributed by atoms with Crippen LogP contribution in [0.1, 0.15) is 34.1 Å². The summed E-state index contributed by atoms with van der Waals surface area (Å²) in [5, 5.41) is 8.84. The molecular formula is C11H22N2. The van der Waals surface area contributed by atoms with Gasteiger partial charge in [-0.3, -0.25) is 0 Å². The fourth-order valence-corrected chi connectivity index (χ4v) is 1.27. The third-order valence-corrected chi connectivity index (χ3v) is 2.06. The van der Waals surface area contributed by atoms with Crippen LogP contribution < -0.4 is 0 Å². The lowest BCUT2D eigenvalue weighted by Gasteiger charge is -2.24. The summed E-state index contributed by atoms with van der Waals surface area (Å²) < 4.78 is 0. The molecule has 0 saturated carbocycles. The third kappa shape index (κ3) is 6.60. The summed E-state index contributed by atoms with van der Waals surface area (Å²) in [6.07, 6.45) is 1.21. The molecule has 0 aromatic heterocycles. The Kier molecular flexibility index (Phi) is 5.02. The van der Waals surface area contributed by atoms with E-state index in [1.165, 1.54) is 6.42 Å². The van der Waals surface area contributed by atoms with E-state index < -0.39 is 0 Å². The first-order valence-electron chi connectivity index (χ1n) is 4.97. The summed E-state index contributed by atoms with van der Waals surface area (Å²) in [6.45, 7) is 10.4. The van der Waals surface area contributed by atoms with E-state index in [2.05, 4.69) is 31.9 Å². The highest BCUT2D eigenvalue weighted by Gasteiger charge is 2.18. The van der Waals surface area contributed by atoms with Crippen molar-refractivity contribution in [3.8, 4) is 6.07 Å². The average Bonchev–Trinajstić information content (AvgIpc) is 2.00. The zero-order valence-electron chi connectivity index (χ0n) is 9.59. The molecule has 13 heavy (non-hydrogen) atoms. The first kappa shape index (κ1) is 12.4. The Hall–Kier alpha value is -0.550. The van der Waals surface area contributed by atoms with E-state index in [0.717, 1.165) is 19.0 Å². The second-order valence-electron chi connectivity index (χ2n) is 4.92. The molecule has 0 radical (unpaired) electrons. The van der Waals surface area contributed by atoms with Crippen molar-refractivity contribution in [3.63, 3.8) is 0 Å². The molecule has 2 nitrogen and oxygen atoms in total. The fraction of sp³-hybridized carbons (Fsp3) is 0.909. The maximum absolute atomic E-state index is 8.84. The molecule has 0 amide bonds. The molecule has 0 saturated heterocycles. The van der Waals surface area contributed by atoms with E-state index in [0.29, 0.717) is 0 Å². The lowest BCUT2D eigenvalue weighted by molar-refractivity contribution is 0.243. The molecule has 0 aromatic rings. The van der Waals surface area contributed by atoms with Gasteiger partial charge in [-0.2, -0.15) is 5.26 Å². The number of hydrogen-bond donors (Lipinski definition) is 0. The Morgan fingerprint density at radius 1 is 1.38 bits per heavy atom. The van der Waals surface area contributed by atoms with Crippen LogP contribution in [0.2, 0.25) is 0 Å². The normalized spacial score (nSPS) is 12.2. The van der Waals surface area contributed by atoms with E-state index in [1.54, 1.807) is 0 Å². The second kappa shape index (κ2) is 5.24.